The fourth-order valence-corrected chi connectivity index (χ4v) is 3.19. The predicted octanol–water partition coefficient (Wildman–Crippen LogP) is 0.489. The van der Waals surface area contributed by atoms with E-state index in [2.05, 4.69) is 15.3 Å². The summed E-state index contributed by atoms with van der Waals surface area (Å²) in [5.41, 5.74) is -0.354. The maximum Gasteiger partial charge on any atom is 0.272 e. The largest absolute Gasteiger partial charge is 0.274 e. The molecule has 8 heteroatoms. The molecule has 2 heterocycles. The first kappa shape index (κ1) is 12.5. The number of benzene rings is 1. The summed E-state index contributed by atoms with van der Waals surface area (Å²) >= 11 is 0. The molecule has 0 fully saturated rings. The third kappa shape index (κ3) is 1.90. The second-order valence-electron chi connectivity index (χ2n) is 4.30. The van der Waals surface area contributed by atoms with Crippen molar-refractivity contribution in [3.63, 3.8) is 0 Å². The highest BCUT2D eigenvalue weighted by atomic mass is 32.2. The molecule has 0 atom stereocenters. The van der Waals surface area contributed by atoms with Gasteiger partial charge in [-0.15, -0.1) is 0 Å². The summed E-state index contributed by atoms with van der Waals surface area (Å²) in [7, 11) is -2.00. The van der Waals surface area contributed by atoms with Crippen molar-refractivity contribution in [3.05, 3.63) is 47.1 Å². The molecule has 0 aliphatic heterocycles. The van der Waals surface area contributed by atoms with Gasteiger partial charge < -0.3 is 0 Å². The van der Waals surface area contributed by atoms with Gasteiger partial charge in [-0.2, -0.15) is 10.2 Å². The molecule has 7 nitrogen and oxygen atoms in total. The van der Waals surface area contributed by atoms with Crippen LogP contribution in [0.4, 0.5) is 0 Å². The zero-order valence-electron chi connectivity index (χ0n) is 10.4. The van der Waals surface area contributed by atoms with Crippen LogP contribution in [-0.2, 0) is 16.9 Å². The average Bonchev–Trinajstić information content (AvgIpc) is 2.86. The normalized spacial score (nSPS) is 11.8. The van der Waals surface area contributed by atoms with Crippen molar-refractivity contribution >= 4 is 20.6 Å². The van der Waals surface area contributed by atoms with Gasteiger partial charge in [0, 0.05) is 18.6 Å². The highest BCUT2D eigenvalue weighted by Crippen LogP contribution is 2.22. The zero-order valence-corrected chi connectivity index (χ0v) is 11.3. The van der Waals surface area contributed by atoms with Crippen molar-refractivity contribution in [2.45, 2.75) is 9.79 Å². The number of hydrogen-bond donors (Lipinski definition) is 1. The Labute approximate surface area is 113 Å². The predicted molar refractivity (Wildman–Crippen MR) is 71.0 cm³/mol. The molecular weight excluding hydrogens is 280 g/mol. The summed E-state index contributed by atoms with van der Waals surface area (Å²) in [5, 5.41) is 10.7. The van der Waals surface area contributed by atoms with Crippen molar-refractivity contribution in [2.75, 3.05) is 0 Å². The summed E-state index contributed by atoms with van der Waals surface area (Å²) < 4.78 is 26.2. The highest BCUT2D eigenvalue weighted by Gasteiger charge is 2.20. The molecule has 2 aromatic heterocycles. The van der Waals surface area contributed by atoms with Gasteiger partial charge in [0.1, 0.15) is 4.90 Å². The number of aryl methyl sites for hydroxylation is 1. The van der Waals surface area contributed by atoms with Gasteiger partial charge in [-0.05, 0) is 18.2 Å². The molecule has 102 valence electrons. The molecule has 1 N–H and O–H groups in total. The second-order valence-corrected chi connectivity index (χ2v) is 6.25. The Morgan fingerprint density at radius 2 is 2.00 bits per heavy atom. The molecule has 0 aliphatic rings. The minimum Gasteiger partial charge on any atom is -0.274 e. The molecule has 0 bridgehead atoms. The zero-order chi connectivity index (χ0) is 14.3. The standard InChI is InChI=1S/C12H10N4O3S/c1-16-7-10(6-14-16)20(18,19)9-2-3-11-8(4-9)5-13-15-12(11)17/h2-7H,1H3,(H,15,17). The molecule has 3 rings (SSSR count). The van der Waals surface area contributed by atoms with Crippen LogP contribution < -0.4 is 5.56 Å². The Morgan fingerprint density at radius 3 is 2.70 bits per heavy atom. The van der Waals surface area contributed by atoms with E-state index in [1.807, 2.05) is 0 Å². The maximum atomic E-state index is 12.4. The van der Waals surface area contributed by atoms with Crippen LogP contribution in [0, 0.1) is 0 Å². The number of nitrogens with one attached hydrogen (secondary N) is 1. The molecule has 0 amide bonds. The fraction of sp³-hybridized carbons (Fsp3) is 0.0833. The van der Waals surface area contributed by atoms with Crippen LogP contribution in [0.1, 0.15) is 0 Å². The summed E-state index contributed by atoms with van der Waals surface area (Å²) in [5.74, 6) is 0. The molecule has 1 aromatic carbocycles. The van der Waals surface area contributed by atoms with Crippen LogP contribution >= 0.6 is 0 Å². The number of hydrogen-bond acceptors (Lipinski definition) is 5. The number of rotatable bonds is 2. The lowest BCUT2D eigenvalue weighted by Gasteiger charge is -2.03. The quantitative estimate of drug-likeness (QED) is 0.740. The van der Waals surface area contributed by atoms with E-state index < -0.39 is 9.84 Å². The molecule has 0 radical (unpaired) electrons. The third-order valence-electron chi connectivity index (χ3n) is 2.94. The SMILES string of the molecule is Cn1cc(S(=O)(=O)c2ccc3c(=O)[nH]ncc3c2)cn1. The Balaban J connectivity index is 2.22. The lowest BCUT2D eigenvalue weighted by molar-refractivity contribution is 0.596. The van der Waals surface area contributed by atoms with Crippen LogP contribution in [0.25, 0.3) is 10.8 Å². The summed E-state index contributed by atoms with van der Waals surface area (Å²) in [6.07, 6.45) is 4.13. The van der Waals surface area contributed by atoms with E-state index in [0.29, 0.717) is 10.8 Å². The van der Waals surface area contributed by atoms with E-state index in [1.54, 1.807) is 7.05 Å². The number of aromatic amines is 1. The number of H-pyrrole nitrogens is 1. The molecule has 0 saturated heterocycles. The van der Waals surface area contributed by atoms with E-state index in [9.17, 15) is 13.2 Å². The van der Waals surface area contributed by atoms with Crippen molar-refractivity contribution in [3.8, 4) is 0 Å². The Kier molecular flexibility index (Phi) is 2.68. The summed E-state index contributed by atoms with van der Waals surface area (Å²) in [6, 6.07) is 4.30. The van der Waals surface area contributed by atoms with Gasteiger partial charge in [0.2, 0.25) is 9.84 Å². The van der Waals surface area contributed by atoms with Crippen LogP contribution in [0.3, 0.4) is 0 Å². The number of sulfone groups is 1. The molecule has 0 unspecified atom stereocenters. The van der Waals surface area contributed by atoms with Gasteiger partial charge >= 0.3 is 0 Å². The number of fused-ring (bicyclic) bond motifs is 1. The first-order valence-electron chi connectivity index (χ1n) is 5.70. The van der Waals surface area contributed by atoms with E-state index >= 15 is 0 Å². The highest BCUT2D eigenvalue weighted by molar-refractivity contribution is 7.91. The van der Waals surface area contributed by atoms with E-state index in [4.69, 9.17) is 0 Å². The lowest BCUT2D eigenvalue weighted by atomic mass is 10.2. The summed E-state index contributed by atoms with van der Waals surface area (Å²) in [4.78, 5) is 11.7. The minimum atomic E-state index is -3.65. The minimum absolute atomic E-state index is 0.102. The first-order valence-corrected chi connectivity index (χ1v) is 7.18. The fourth-order valence-electron chi connectivity index (χ4n) is 1.92. The maximum absolute atomic E-state index is 12.4. The molecular formula is C12H10N4O3S. The monoisotopic (exact) mass is 290 g/mol. The van der Waals surface area contributed by atoms with E-state index in [-0.39, 0.29) is 15.4 Å². The van der Waals surface area contributed by atoms with Gasteiger partial charge in [0.15, 0.2) is 0 Å². The number of aromatic nitrogens is 4. The smallest absolute Gasteiger partial charge is 0.272 e. The van der Waals surface area contributed by atoms with Gasteiger partial charge in [0.25, 0.3) is 5.56 Å². The molecule has 0 saturated carbocycles. The third-order valence-corrected chi connectivity index (χ3v) is 4.65. The Bertz CT molecular complexity index is 956. The summed E-state index contributed by atoms with van der Waals surface area (Å²) in [6.45, 7) is 0. The molecule has 0 spiro atoms. The Hall–Kier alpha value is -2.48. The van der Waals surface area contributed by atoms with Gasteiger partial charge in [-0.25, -0.2) is 13.5 Å². The molecule has 3 aromatic rings. The molecule has 0 aliphatic carbocycles. The Morgan fingerprint density at radius 1 is 1.20 bits per heavy atom. The van der Waals surface area contributed by atoms with Crippen molar-refractivity contribution in [2.24, 2.45) is 7.05 Å². The van der Waals surface area contributed by atoms with E-state index in [1.165, 1.54) is 41.5 Å². The van der Waals surface area contributed by atoms with Crippen LogP contribution in [0.15, 0.2) is 51.4 Å². The van der Waals surface area contributed by atoms with Gasteiger partial charge in [-0.3, -0.25) is 9.48 Å². The van der Waals surface area contributed by atoms with Crippen molar-refractivity contribution in [1.29, 1.82) is 0 Å². The topological polar surface area (TPSA) is 97.7 Å². The van der Waals surface area contributed by atoms with Gasteiger partial charge in [0.05, 0.1) is 22.7 Å². The van der Waals surface area contributed by atoms with Gasteiger partial charge in [-0.1, -0.05) is 0 Å². The van der Waals surface area contributed by atoms with Crippen molar-refractivity contribution in [1.82, 2.24) is 20.0 Å². The lowest BCUT2D eigenvalue weighted by Crippen LogP contribution is -2.08. The van der Waals surface area contributed by atoms with Crippen molar-refractivity contribution < 1.29 is 8.42 Å². The van der Waals surface area contributed by atoms with Crippen LogP contribution in [0.2, 0.25) is 0 Å². The first-order chi connectivity index (χ1) is 9.48. The second kappa shape index (κ2) is 4.27. The molecule has 20 heavy (non-hydrogen) atoms. The van der Waals surface area contributed by atoms with Crippen LogP contribution in [-0.4, -0.2) is 28.4 Å². The number of nitrogens with zero attached hydrogens (tertiary/aromatic N) is 3. The van der Waals surface area contributed by atoms with E-state index in [0.717, 1.165) is 0 Å². The van der Waals surface area contributed by atoms with Crippen LogP contribution in [0.5, 0.6) is 0 Å². The average molecular weight is 290 g/mol.